The minimum Gasteiger partial charge on any atom is -0.494 e. The summed E-state index contributed by atoms with van der Waals surface area (Å²) in [6.07, 6.45) is 1.09. The number of anilines is 1. The summed E-state index contributed by atoms with van der Waals surface area (Å²) < 4.78 is 11.4. The number of ether oxygens (including phenoxy) is 1. The monoisotopic (exact) mass is 380 g/mol. The standard InChI is InChI=1S/C22H28N4O2/c1-4-27-18-8-9-21-20(14-18)17(3)23-22(24-21)26-11-5-10-25(12-13-26)15-19-7-6-16(2)28-19/h6-9,14H,4-5,10-13,15H2,1-3H3. The predicted molar refractivity (Wildman–Crippen MR) is 111 cm³/mol. The fourth-order valence-corrected chi connectivity index (χ4v) is 3.76. The quantitative estimate of drug-likeness (QED) is 0.668. The van der Waals surface area contributed by atoms with Gasteiger partial charge in [0.25, 0.3) is 0 Å². The highest BCUT2D eigenvalue weighted by Crippen LogP contribution is 2.24. The first kappa shape index (κ1) is 18.7. The Labute approximate surface area is 166 Å². The van der Waals surface area contributed by atoms with E-state index in [0.717, 1.165) is 79.0 Å². The molecule has 28 heavy (non-hydrogen) atoms. The SMILES string of the molecule is CCOc1ccc2nc(N3CCCN(Cc4ccc(C)o4)CC3)nc(C)c2c1. The van der Waals surface area contributed by atoms with Crippen LogP contribution < -0.4 is 9.64 Å². The molecule has 3 heterocycles. The van der Waals surface area contributed by atoms with E-state index in [2.05, 4.69) is 15.9 Å². The topological polar surface area (TPSA) is 54.6 Å². The maximum atomic E-state index is 5.74. The third-order valence-electron chi connectivity index (χ3n) is 5.20. The molecule has 1 aliphatic heterocycles. The summed E-state index contributed by atoms with van der Waals surface area (Å²) in [7, 11) is 0. The van der Waals surface area contributed by atoms with Crippen molar-refractivity contribution in [2.75, 3.05) is 37.7 Å². The van der Waals surface area contributed by atoms with E-state index in [1.165, 1.54) is 0 Å². The molecule has 0 saturated carbocycles. The minimum absolute atomic E-state index is 0.658. The highest BCUT2D eigenvalue weighted by atomic mass is 16.5. The van der Waals surface area contributed by atoms with Gasteiger partial charge in [-0.2, -0.15) is 0 Å². The third kappa shape index (κ3) is 4.12. The lowest BCUT2D eigenvalue weighted by atomic mass is 10.2. The Morgan fingerprint density at radius 2 is 1.93 bits per heavy atom. The van der Waals surface area contributed by atoms with E-state index in [1.807, 2.05) is 45.0 Å². The number of aryl methyl sites for hydroxylation is 2. The molecule has 0 atom stereocenters. The van der Waals surface area contributed by atoms with Crippen LogP contribution in [-0.4, -0.2) is 47.7 Å². The maximum absolute atomic E-state index is 5.74. The molecule has 6 heteroatoms. The number of hydrogen-bond acceptors (Lipinski definition) is 6. The van der Waals surface area contributed by atoms with Crippen molar-refractivity contribution in [2.24, 2.45) is 0 Å². The molecular weight excluding hydrogens is 352 g/mol. The maximum Gasteiger partial charge on any atom is 0.226 e. The van der Waals surface area contributed by atoms with E-state index in [0.29, 0.717) is 6.61 Å². The molecule has 148 valence electrons. The second-order valence-electron chi connectivity index (χ2n) is 7.35. The van der Waals surface area contributed by atoms with Gasteiger partial charge in [-0.3, -0.25) is 4.90 Å². The molecule has 0 aliphatic carbocycles. The number of aromatic nitrogens is 2. The number of nitrogens with zero attached hydrogens (tertiary/aromatic N) is 4. The zero-order valence-corrected chi connectivity index (χ0v) is 16.9. The van der Waals surface area contributed by atoms with E-state index in [9.17, 15) is 0 Å². The van der Waals surface area contributed by atoms with Gasteiger partial charge in [-0.25, -0.2) is 9.97 Å². The van der Waals surface area contributed by atoms with Gasteiger partial charge >= 0.3 is 0 Å². The van der Waals surface area contributed by atoms with Crippen LogP contribution in [0.3, 0.4) is 0 Å². The van der Waals surface area contributed by atoms with E-state index >= 15 is 0 Å². The normalized spacial score (nSPS) is 15.8. The molecule has 1 aromatic carbocycles. The van der Waals surface area contributed by atoms with Crippen LogP contribution in [0.25, 0.3) is 10.9 Å². The van der Waals surface area contributed by atoms with E-state index in [1.54, 1.807) is 0 Å². The van der Waals surface area contributed by atoms with Crippen molar-refractivity contribution in [3.8, 4) is 5.75 Å². The first-order valence-electron chi connectivity index (χ1n) is 10.1. The smallest absolute Gasteiger partial charge is 0.226 e. The lowest BCUT2D eigenvalue weighted by Crippen LogP contribution is -2.31. The summed E-state index contributed by atoms with van der Waals surface area (Å²) in [6.45, 7) is 11.5. The summed E-state index contributed by atoms with van der Waals surface area (Å²) in [5.74, 6) is 3.70. The van der Waals surface area contributed by atoms with Crippen molar-refractivity contribution in [2.45, 2.75) is 33.7 Å². The molecule has 0 bridgehead atoms. The summed E-state index contributed by atoms with van der Waals surface area (Å²) in [5.41, 5.74) is 1.96. The van der Waals surface area contributed by atoms with E-state index < -0.39 is 0 Å². The minimum atomic E-state index is 0.658. The number of benzene rings is 1. The van der Waals surface area contributed by atoms with Crippen LogP contribution >= 0.6 is 0 Å². The first-order chi connectivity index (χ1) is 13.6. The summed E-state index contributed by atoms with van der Waals surface area (Å²) in [5, 5.41) is 1.05. The summed E-state index contributed by atoms with van der Waals surface area (Å²) >= 11 is 0. The highest BCUT2D eigenvalue weighted by Gasteiger charge is 2.19. The fourth-order valence-electron chi connectivity index (χ4n) is 3.76. The van der Waals surface area contributed by atoms with Crippen LogP contribution in [0.2, 0.25) is 0 Å². The van der Waals surface area contributed by atoms with Crippen molar-refractivity contribution in [3.05, 3.63) is 47.5 Å². The fraction of sp³-hybridized carbons (Fsp3) is 0.455. The van der Waals surface area contributed by atoms with Crippen LogP contribution in [0.4, 0.5) is 5.95 Å². The van der Waals surface area contributed by atoms with Gasteiger partial charge in [0.2, 0.25) is 5.95 Å². The van der Waals surface area contributed by atoms with Gasteiger partial charge < -0.3 is 14.1 Å². The summed E-state index contributed by atoms with van der Waals surface area (Å²) in [4.78, 5) is 14.4. The van der Waals surface area contributed by atoms with Gasteiger partial charge in [-0.15, -0.1) is 0 Å². The lowest BCUT2D eigenvalue weighted by Gasteiger charge is -2.22. The Balaban J connectivity index is 1.49. The molecule has 0 N–H and O–H groups in total. The Morgan fingerprint density at radius 3 is 2.71 bits per heavy atom. The Morgan fingerprint density at radius 1 is 1.04 bits per heavy atom. The van der Waals surface area contributed by atoms with Gasteiger partial charge in [0.15, 0.2) is 0 Å². The van der Waals surface area contributed by atoms with Crippen LogP contribution in [0.15, 0.2) is 34.7 Å². The highest BCUT2D eigenvalue weighted by molar-refractivity contribution is 5.83. The van der Waals surface area contributed by atoms with Crippen molar-refractivity contribution in [1.82, 2.24) is 14.9 Å². The molecule has 0 unspecified atom stereocenters. The second kappa shape index (κ2) is 8.19. The molecule has 2 aromatic heterocycles. The van der Waals surface area contributed by atoms with Crippen molar-refractivity contribution >= 4 is 16.9 Å². The van der Waals surface area contributed by atoms with E-state index in [4.69, 9.17) is 19.1 Å². The number of fused-ring (bicyclic) bond motifs is 1. The molecule has 1 aliphatic rings. The Hall–Kier alpha value is -2.60. The molecule has 3 aromatic rings. The molecule has 6 nitrogen and oxygen atoms in total. The van der Waals surface area contributed by atoms with Gasteiger partial charge in [-0.1, -0.05) is 0 Å². The van der Waals surface area contributed by atoms with Gasteiger partial charge in [-0.05, 0) is 57.5 Å². The van der Waals surface area contributed by atoms with Crippen LogP contribution in [-0.2, 0) is 6.54 Å². The van der Waals surface area contributed by atoms with Crippen LogP contribution in [0.1, 0.15) is 30.6 Å². The second-order valence-corrected chi connectivity index (χ2v) is 7.35. The van der Waals surface area contributed by atoms with E-state index in [-0.39, 0.29) is 0 Å². The van der Waals surface area contributed by atoms with Gasteiger partial charge in [0.05, 0.1) is 24.4 Å². The molecule has 0 radical (unpaired) electrons. The molecule has 0 amide bonds. The van der Waals surface area contributed by atoms with Crippen molar-refractivity contribution in [3.63, 3.8) is 0 Å². The average molecular weight is 380 g/mol. The molecule has 1 fully saturated rings. The average Bonchev–Trinajstić information content (AvgIpc) is 2.95. The van der Waals surface area contributed by atoms with Crippen LogP contribution in [0, 0.1) is 13.8 Å². The largest absolute Gasteiger partial charge is 0.494 e. The molecule has 0 spiro atoms. The Bertz CT molecular complexity index is 953. The predicted octanol–water partition coefficient (Wildman–Crippen LogP) is 3.95. The zero-order valence-electron chi connectivity index (χ0n) is 16.9. The number of rotatable bonds is 5. The molecule has 4 rings (SSSR count). The Kier molecular flexibility index (Phi) is 5.48. The third-order valence-corrected chi connectivity index (χ3v) is 5.20. The number of hydrogen-bond donors (Lipinski definition) is 0. The lowest BCUT2D eigenvalue weighted by molar-refractivity contribution is 0.258. The van der Waals surface area contributed by atoms with Gasteiger partial charge in [0.1, 0.15) is 17.3 Å². The first-order valence-corrected chi connectivity index (χ1v) is 10.1. The van der Waals surface area contributed by atoms with Crippen LogP contribution in [0.5, 0.6) is 5.75 Å². The molecular formula is C22H28N4O2. The molecule has 1 saturated heterocycles. The summed E-state index contributed by atoms with van der Waals surface area (Å²) in [6, 6.07) is 10.2. The van der Waals surface area contributed by atoms with Crippen molar-refractivity contribution < 1.29 is 9.15 Å². The van der Waals surface area contributed by atoms with Gasteiger partial charge in [0, 0.05) is 31.6 Å². The zero-order chi connectivity index (χ0) is 19.5. The van der Waals surface area contributed by atoms with Crippen molar-refractivity contribution in [1.29, 1.82) is 0 Å². The number of furan rings is 1.